The van der Waals surface area contributed by atoms with Gasteiger partial charge in [0, 0.05) is 39.1 Å². The van der Waals surface area contributed by atoms with Gasteiger partial charge in [0.2, 0.25) is 0 Å². The Morgan fingerprint density at radius 3 is 0.842 bits per heavy atom. The van der Waals surface area contributed by atoms with Crippen LogP contribution in [0.5, 0.6) is 0 Å². The molecular weight excluding hydrogens is 1680 g/mol. The molecule has 0 unspecified atom stereocenters. The summed E-state index contributed by atoms with van der Waals surface area (Å²) >= 11 is 0. The summed E-state index contributed by atoms with van der Waals surface area (Å²) in [6, 6.07) is 179. The van der Waals surface area contributed by atoms with E-state index in [4.69, 9.17) is 0 Å². The number of hydrogen-bond donors (Lipinski definition) is 0. The molecule has 0 saturated heterocycles. The number of hydrogen-bond acceptors (Lipinski definition) is 1. The van der Waals surface area contributed by atoms with Crippen molar-refractivity contribution >= 4 is 27.8 Å². The van der Waals surface area contributed by atoms with Gasteiger partial charge in [-0.1, -0.05) is 359 Å². The maximum Gasteiger partial charge on any atom is 0.118 e. The molecule has 7 aliphatic rings. The minimum atomic E-state index is 0. The van der Waals surface area contributed by atoms with E-state index in [1.165, 1.54) is 178 Å². The van der Waals surface area contributed by atoms with Crippen LogP contribution in [0.2, 0.25) is 0 Å². The summed E-state index contributed by atoms with van der Waals surface area (Å²) in [5.74, 6) is 1.16. The summed E-state index contributed by atoms with van der Waals surface area (Å²) in [4.78, 5) is 4.67. The van der Waals surface area contributed by atoms with Gasteiger partial charge in [-0.15, -0.1) is 0 Å². The minimum absolute atomic E-state index is 0. The average Bonchev–Trinajstić information content (AvgIpc) is 1.72. The van der Waals surface area contributed by atoms with Gasteiger partial charge >= 0.3 is 0 Å². The Kier molecular flexibility index (Phi) is 28.6. The fraction of sp³-hybridized carbons (Fsp3) is 0.0846. The maximum atomic E-state index is 4.67. The Hall–Kier alpha value is -14.8. The van der Waals surface area contributed by atoms with Crippen molar-refractivity contribution in [3.05, 3.63) is 615 Å². The van der Waals surface area contributed by atoms with Gasteiger partial charge in [-0.2, -0.15) is 144 Å². The van der Waals surface area contributed by atoms with Crippen molar-refractivity contribution < 1.29 is 32.7 Å². The monoisotopic (exact) mass is 1780 g/mol. The molecule has 3 heteroatoms. The van der Waals surface area contributed by atoms with E-state index in [1.54, 1.807) is 16.7 Å². The number of aromatic nitrogens is 2. The van der Waals surface area contributed by atoms with Gasteiger partial charge in [0.25, 0.3) is 0 Å². The molecule has 1 aliphatic heterocycles. The molecule has 0 bridgehead atoms. The van der Waals surface area contributed by atoms with Crippen LogP contribution in [-0.2, 0) is 96.9 Å². The largest absolute Gasteiger partial charge is 0.296 e. The van der Waals surface area contributed by atoms with Crippen LogP contribution in [0.4, 0.5) is 0 Å². The first kappa shape index (κ1) is 88.9. The van der Waals surface area contributed by atoms with Crippen LogP contribution in [0.25, 0.3) is 89.1 Å². The van der Waals surface area contributed by atoms with Gasteiger partial charge in [0.15, 0.2) is 0 Å². The van der Waals surface area contributed by atoms with E-state index in [-0.39, 0.29) is 40.1 Å². The molecule has 0 N–H and O–H groups in total. The maximum absolute atomic E-state index is 4.67. The molecule has 133 heavy (non-hydrogen) atoms. The van der Waals surface area contributed by atoms with Crippen LogP contribution in [-0.4, -0.2) is 9.55 Å². The number of allylic oxidation sites excluding steroid dienone is 3. The molecule has 2 heterocycles. The molecule has 2 nitrogen and oxygen atoms in total. The molecule has 20 aromatic rings. The zero-order valence-corrected chi connectivity index (χ0v) is 76.9. The number of para-hydroxylation sites is 3. The standard InChI is InChI=1S/C30H22.2C16H12.C14H10N2.C14H12.3C13H10.CH4.Y/c1-5-13-23(14-6-1)27-21-29(25-17-9-3-10-18-25)30(26-19-11-4-12-20-26)22-28(27)24-15-7-2-8-16-24;1-3-7-14-11(5-1)9-13-10-12-6-2-4-8-15(12)16(13)14;1-3-7-13-11(5-1)9-15-14-8-4-2-6-12(14)10-16(13)15;1-3-7-12-10(5-1)9-14-15-11-6-2-4-8-13(11)16(12)14;1-2-6-12-10-14-8-4-3-7-13(14)9-11(12)5-1;1-3-7-12-10(5-1)9-11-6-2-4-8-13(11)12;2*1-3-7-12(8-4-1)11-13-9-5-2-6-10-13;;/h1-22H;2*1-8H,9-10H2;1-8H,9H2;1-8H,9-10H2;1-8H,9H2;2*1-7,9H,11H2;1H4;/q;;;;;;2*-2;;. The molecule has 0 amide bonds. The van der Waals surface area contributed by atoms with Crippen molar-refractivity contribution in [1.82, 2.24) is 9.55 Å². The molecular formula is C130H102N2Y-4. The number of benzene rings is 19. The Bertz CT molecular complexity index is 6810. The molecule has 0 fully saturated rings. The third-order valence-electron chi connectivity index (χ3n) is 25.8. The van der Waals surface area contributed by atoms with Crippen molar-refractivity contribution in [3.8, 4) is 61.3 Å². The van der Waals surface area contributed by atoms with Gasteiger partial charge < -0.3 is 0 Å². The van der Waals surface area contributed by atoms with Crippen LogP contribution >= 0.6 is 0 Å². The van der Waals surface area contributed by atoms with E-state index in [1.807, 2.05) is 78.9 Å². The van der Waals surface area contributed by atoms with E-state index >= 15 is 0 Å². The zero-order valence-electron chi connectivity index (χ0n) is 74.1. The average molecular weight is 1780 g/mol. The van der Waals surface area contributed by atoms with E-state index in [2.05, 4.69) is 428 Å². The Labute approximate surface area is 810 Å². The molecule has 639 valence electrons. The summed E-state index contributed by atoms with van der Waals surface area (Å²) in [5.41, 5.74) is 49.6. The topological polar surface area (TPSA) is 17.8 Å². The van der Waals surface area contributed by atoms with Crippen LogP contribution in [0, 0.1) is 24.3 Å². The van der Waals surface area contributed by atoms with Gasteiger partial charge in [-0.25, -0.2) is 4.98 Å². The Morgan fingerprint density at radius 2 is 0.489 bits per heavy atom. The summed E-state index contributed by atoms with van der Waals surface area (Å²) in [5, 5.41) is 0. The first-order chi connectivity index (χ1) is 65.0. The third kappa shape index (κ3) is 20.5. The summed E-state index contributed by atoms with van der Waals surface area (Å²) < 4.78 is 2.27. The van der Waals surface area contributed by atoms with Crippen LogP contribution < -0.4 is 0 Å². The Morgan fingerprint density at radius 1 is 0.218 bits per heavy atom. The number of nitrogens with zero attached hydrogens (tertiary/aromatic N) is 2. The molecule has 0 atom stereocenters. The number of rotatable bonds is 8. The summed E-state index contributed by atoms with van der Waals surface area (Å²) in [7, 11) is 0. The van der Waals surface area contributed by atoms with Crippen molar-refractivity contribution in [2.45, 2.75) is 71.6 Å². The zero-order chi connectivity index (χ0) is 87.7. The normalized spacial score (nSPS) is 12.3. The predicted molar refractivity (Wildman–Crippen MR) is 552 cm³/mol. The fourth-order valence-electron chi connectivity index (χ4n) is 19.5. The van der Waals surface area contributed by atoms with Crippen molar-refractivity contribution in [2.75, 3.05) is 0 Å². The second-order valence-electron chi connectivity index (χ2n) is 34.1. The second-order valence-corrected chi connectivity index (χ2v) is 34.1. The summed E-state index contributed by atoms with van der Waals surface area (Å²) in [6.45, 7) is 0. The Balaban J connectivity index is 0.000000103. The SMILES string of the molecule is C.[Y].[c-]1ccccc1Cc1[c-]cccc1.[c-]1ccccc1Cc1[c-]cccc1.c1ccc(-c2cc(-c3ccccc3)c(-c3ccccc3)cc2-c2ccccc2)cc1.c1ccc2c(c1)CC1=C2Cc2ccccc21.c1ccc2c(c1)CC1=C2c2ccccc2C1.c1ccc2c(c1)Cc1ccccc1-2.c1ccc2c(c1)Cc1ccccc1C2.c1ccc2c(c1)Cc1nc3ccccc3n1-2. The second kappa shape index (κ2) is 42.9. The van der Waals surface area contributed by atoms with E-state index in [0.29, 0.717) is 0 Å². The first-order valence-electron chi connectivity index (χ1n) is 45.8. The van der Waals surface area contributed by atoms with E-state index in [0.717, 1.165) is 75.5 Å². The van der Waals surface area contributed by atoms with Crippen molar-refractivity contribution in [1.29, 1.82) is 0 Å². The quantitative estimate of drug-likeness (QED) is 0.139. The van der Waals surface area contributed by atoms with E-state index in [9.17, 15) is 0 Å². The van der Waals surface area contributed by atoms with Crippen LogP contribution in [0.1, 0.15) is 119 Å². The third-order valence-corrected chi connectivity index (χ3v) is 25.8. The smallest absolute Gasteiger partial charge is 0.118 e. The molecule has 0 spiro atoms. The van der Waals surface area contributed by atoms with Gasteiger partial charge in [0.1, 0.15) is 5.82 Å². The van der Waals surface area contributed by atoms with Gasteiger partial charge in [-0.05, 0) is 244 Å². The molecule has 1 aromatic heterocycles. The molecule has 19 aromatic carbocycles. The van der Waals surface area contributed by atoms with Gasteiger partial charge in [0.05, 0.1) is 16.7 Å². The van der Waals surface area contributed by atoms with Crippen LogP contribution in [0.15, 0.2) is 479 Å². The molecule has 27 rings (SSSR count). The number of imidazole rings is 1. The van der Waals surface area contributed by atoms with Crippen LogP contribution in [0.3, 0.4) is 0 Å². The van der Waals surface area contributed by atoms with E-state index < -0.39 is 0 Å². The molecule has 6 aliphatic carbocycles. The molecule has 0 saturated carbocycles. The van der Waals surface area contributed by atoms with Crippen molar-refractivity contribution in [3.63, 3.8) is 0 Å². The fourth-order valence-corrected chi connectivity index (χ4v) is 19.5. The van der Waals surface area contributed by atoms with Crippen molar-refractivity contribution in [2.24, 2.45) is 0 Å². The first-order valence-corrected chi connectivity index (χ1v) is 45.8. The molecule has 1 radical (unpaired) electrons. The predicted octanol–water partition coefficient (Wildman–Crippen LogP) is 31.4. The minimum Gasteiger partial charge on any atom is -0.296 e. The summed E-state index contributed by atoms with van der Waals surface area (Å²) in [6.07, 6.45) is 10.7. The van der Waals surface area contributed by atoms with Gasteiger partial charge in [-0.3, -0.25) is 4.57 Å². The number of fused-ring (bicyclic) bond motifs is 18.